The summed E-state index contributed by atoms with van der Waals surface area (Å²) in [5, 5.41) is 15.0. The Morgan fingerprint density at radius 1 is 1.21 bits per heavy atom. The molecule has 0 atom stereocenters. The van der Waals surface area contributed by atoms with Gasteiger partial charge in [0.25, 0.3) is 0 Å². The molecule has 0 spiro atoms. The van der Waals surface area contributed by atoms with Crippen molar-refractivity contribution >= 4 is 42.4 Å². The lowest BCUT2D eigenvalue weighted by Crippen LogP contribution is -1.83. The maximum absolute atomic E-state index is 3.75. The van der Waals surface area contributed by atoms with E-state index in [-0.39, 0.29) is 0 Å². The zero-order valence-electron chi connectivity index (χ0n) is 6.95. The highest BCUT2D eigenvalue weighted by molar-refractivity contribution is 9.11. The molecule has 3 rings (SSSR count). The van der Waals surface area contributed by atoms with Crippen molar-refractivity contribution in [1.82, 2.24) is 20.4 Å². The average Bonchev–Trinajstić information content (AvgIpc) is 2.92. The van der Waals surface area contributed by atoms with E-state index in [1.54, 1.807) is 43.8 Å². The number of aromatic nitrogens is 4. The van der Waals surface area contributed by atoms with Crippen LogP contribution in [0.2, 0.25) is 0 Å². The Balaban J connectivity index is 0.000000128. The molecule has 0 bridgehead atoms. The fourth-order valence-corrected chi connectivity index (χ4v) is 3.78. The minimum atomic E-state index is 0.852. The first-order chi connectivity index (χ1) is 6.97. The number of nitrogens with zero attached hydrogens (tertiary/aromatic N) is 3. The van der Waals surface area contributed by atoms with Gasteiger partial charge >= 0.3 is 0 Å². The zero-order valence-corrected chi connectivity index (χ0v) is 9.40. The van der Waals surface area contributed by atoms with E-state index in [0.29, 0.717) is 0 Å². The first-order valence-corrected chi connectivity index (χ1v) is 7.33. The second-order valence-electron chi connectivity index (χ2n) is 2.24. The van der Waals surface area contributed by atoms with Gasteiger partial charge in [-0.25, -0.2) is 0 Å². The van der Waals surface area contributed by atoms with Gasteiger partial charge in [-0.3, -0.25) is 0 Å². The van der Waals surface area contributed by atoms with Crippen LogP contribution in [0.4, 0.5) is 0 Å². The van der Waals surface area contributed by atoms with E-state index in [2.05, 4.69) is 31.2 Å². The molecule has 1 aliphatic heterocycles. The molecule has 4 nitrogen and oxygen atoms in total. The third-order valence-corrected chi connectivity index (χ3v) is 4.77. The molecule has 14 heavy (non-hydrogen) atoms. The topological polar surface area (TPSA) is 54.5 Å². The smallest absolute Gasteiger partial charge is 0.114 e. The van der Waals surface area contributed by atoms with Crippen LogP contribution in [0.15, 0.2) is 29.3 Å². The lowest BCUT2D eigenvalue weighted by molar-refractivity contribution is 0.895. The molecule has 0 amide bonds. The predicted octanol–water partition coefficient (Wildman–Crippen LogP) is 2.85. The summed E-state index contributed by atoms with van der Waals surface area (Å²) in [4.78, 5) is 2.95. The standard InChI is InChI=1S/C5H4N4.C2H2S3/c1-2-6-5-3-7-9-8-4(1)5;1-2-4-5-3-1/h1-3,6H;1-2H. The number of aromatic amines is 1. The van der Waals surface area contributed by atoms with Gasteiger partial charge in [0.05, 0.1) is 11.7 Å². The Morgan fingerprint density at radius 2 is 2.07 bits per heavy atom. The summed E-state index contributed by atoms with van der Waals surface area (Å²) in [5.74, 6) is 0. The predicted molar refractivity (Wildman–Crippen MR) is 63.6 cm³/mol. The van der Waals surface area contributed by atoms with Gasteiger partial charge in [-0.1, -0.05) is 21.6 Å². The van der Waals surface area contributed by atoms with Crippen LogP contribution in [0, 0.1) is 0 Å². The fourth-order valence-electron chi connectivity index (χ4n) is 0.836. The molecule has 0 saturated carbocycles. The van der Waals surface area contributed by atoms with Gasteiger partial charge in [0.15, 0.2) is 0 Å². The number of hydrogen-bond donors (Lipinski definition) is 1. The highest BCUT2D eigenvalue weighted by atomic mass is 33.5. The van der Waals surface area contributed by atoms with Crippen molar-refractivity contribution < 1.29 is 0 Å². The van der Waals surface area contributed by atoms with Gasteiger partial charge in [-0.2, -0.15) is 0 Å². The summed E-state index contributed by atoms with van der Waals surface area (Å²) < 4.78 is 0. The van der Waals surface area contributed by atoms with Crippen LogP contribution in [0.3, 0.4) is 0 Å². The van der Waals surface area contributed by atoms with Crippen LogP contribution in [-0.2, 0) is 0 Å². The largest absolute Gasteiger partial charge is 0.358 e. The molecule has 0 aromatic carbocycles. The van der Waals surface area contributed by atoms with Crippen LogP contribution < -0.4 is 0 Å². The van der Waals surface area contributed by atoms with E-state index < -0.39 is 0 Å². The second kappa shape index (κ2) is 5.28. The molecule has 0 radical (unpaired) electrons. The summed E-state index contributed by atoms with van der Waals surface area (Å²) in [6.07, 6.45) is 3.45. The van der Waals surface area contributed by atoms with Gasteiger partial charge in [0, 0.05) is 6.20 Å². The molecule has 0 unspecified atom stereocenters. The SMILES string of the molecule is C1=CSSS1.c1cc2nnncc2[nH]1. The van der Waals surface area contributed by atoms with Gasteiger partial charge in [0.1, 0.15) is 5.52 Å². The fraction of sp³-hybridized carbons (Fsp3) is 0. The van der Waals surface area contributed by atoms with Crippen LogP contribution in [-0.4, -0.2) is 20.4 Å². The highest BCUT2D eigenvalue weighted by Gasteiger charge is 1.90. The quantitative estimate of drug-likeness (QED) is 0.717. The average molecular weight is 242 g/mol. The van der Waals surface area contributed by atoms with Crippen molar-refractivity contribution in [3.05, 3.63) is 29.3 Å². The number of H-pyrrole nitrogens is 1. The molecule has 7 heteroatoms. The van der Waals surface area contributed by atoms with E-state index in [1.807, 2.05) is 6.07 Å². The van der Waals surface area contributed by atoms with Crippen molar-refractivity contribution in [2.75, 3.05) is 0 Å². The van der Waals surface area contributed by atoms with Crippen molar-refractivity contribution in [3.8, 4) is 0 Å². The molecule has 2 aromatic rings. The van der Waals surface area contributed by atoms with E-state index in [1.165, 1.54) is 0 Å². The van der Waals surface area contributed by atoms with Crippen molar-refractivity contribution in [1.29, 1.82) is 0 Å². The Morgan fingerprint density at radius 3 is 2.71 bits per heavy atom. The summed E-state index contributed by atoms with van der Waals surface area (Å²) in [6, 6.07) is 1.85. The van der Waals surface area contributed by atoms with Crippen LogP contribution in [0.1, 0.15) is 0 Å². The van der Waals surface area contributed by atoms with Crippen LogP contribution >= 0.6 is 31.4 Å². The molecule has 0 fully saturated rings. The van der Waals surface area contributed by atoms with Crippen LogP contribution in [0.25, 0.3) is 11.0 Å². The first kappa shape index (κ1) is 9.88. The summed E-state index contributed by atoms with van der Waals surface area (Å²) in [5.41, 5.74) is 1.77. The van der Waals surface area contributed by atoms with Gasteiger partial charge in [-0.05, 0) is 31.9 Å². The Kier molecular flexibility index (Phi) is 3.72. The number of nitrogens with one attached hydrogen (secondary N) is 1. The molecule has 3 heterocycles. The normalized spacial score (nSPS) is 14.0. The molecule has 72 valence electrons. The minimum absolute atomic E-state index is 0.852. The molecule has 2 aromatic heterocycles. The highest BCUT2D eigenvalue weighted by Crippen LogP contribution is 2.42. The second-order valence-corrected chi connectivity index (χ2v) is 6.10. The molecule has 0 saturated heterocycles. The van der Waals surface area contributed by atoms with Gasteiger partial charge in [0.2, 0.25) is 0 Å². The summed E-state index contributed by atoms with van der Waals surface area (Å²) in [6.45, 7) is 0. The van der Waals surface area contributed by atoms with Crippen molar-refractivity contribution in [2.45, 2.75) is 0 Å². The van der Waals surface area contributed by atoms with E-state index >= 15 is 0 Å². The van der Waals surface area contributed by atoms with Crippen LogP contribution in [0.5, 0.6) is 0 Å². The summed E-state index contributed by atoms with van der Waals surface area (Å²) in [7, 11) is 5.34. The minimum Gasteiger partial charge on any atom is -0.358 e. The van der Waals surface area contributed by atoms with E-state index in [9.17, 15) is 0 Å². The first-order valence-electron chi connectivity index (χ1n) is 3.72. The maximum Gasteiger partial charge on any atom is 0.114 e. The Labute approximate surface area is 92.1 Å². The number of fused-ring (bicyclic) bond motifs is 1. The number of rotatable bonds is 0. The lowest BCUT2D eigenvalue weighted by Gasteiger charge is -1.80. The molecule has 1 aliphatic rings. The molecule has 1 N–H and O–H groups in total. The molecular formula is C7H6N4S3. The van der Waals surface area contributed by atoms with Gasteiger partial charge < -0.3 is 4.98 Å². The molecular weight excluding hydrogens is 236 g/mol. The van der Waals surface area contributed by atoms with Crippen molar-refractivity contribution in [2.24, 2.45) is 0 Å². The van der Waals surface area contributed by atoms with E-state index in [4.69, 9.17) is 0 Å². The monoisotopic (exact) mass is 242 g/mol. The third-order valence-electron chi connectivity index (χ3n) is 1.39. The summed E-state index contributed by atoms with van der Waals surface area (Å²) >= 11 is 0. The number of hydrogen-bond acceptors (Lipinski definition) is 6. The maximum atomic E-state index is 3.75. The Bertz CT molecular complexity index is 391. The molecule has 0 aliphatic carbocycles. The lowest BCUT2D eigenvalue weighted by atomic mass is 10.5. The van der Waals surface area contributed by atoms with Crippen molar-refractivity contribution in [3.63, 3.8) is 0 Å². The zero-order chi connectivity index (χ0) is 9.64. The Hall–Kier alpha value is -0.660. The third kappa shape index (κ3) is 2.66. The van der Waals surface area contributed by atoms with Gasteiger partial charge in [-0.15, -0.1) is 10.2 Å². The van der Waals surface area contributed by atoms with E-state index in [0.717, 1.165) is 11.0 Å².